The lowest BCUT2D eigenvalue weighted by molar-refractivity contribution is 0.102. The van der Waals surface area contributed by atoms with Gasteiger partial charge >= 0.3 is 10.5 Å². The molecule has 0 fully saturated rings. The van der Waals surface area contributed by atoms with E-state index in [1.807, 2.05) is 13.8 Å². The van der Waals surface area contributed by atoms with Gasteiger partial charge in [0, 0.05) is 6.07 Å². The molecule has 0 aliphatic heterocycles. The molecule has 1 aromatic carbocycles. The average Bonchev–Trinajstić information content (AvgIpc) is 3.06. The molecule has 0 saturated heterocycles. The van der Waals surface area contributed by atoms with Crippen LogP contribution >= 0.6 is 0 Å². The fraction of sp³-hybridized carbons (Fsp3) is 0.167. The van der Waals surface area contributed by atoms with Crippen LogP contribution in [0, 0.1) is 5.82 Å². The Kier molecular flexibility index (Phi) is 5.59. The molecule has 11 heteroatoms. The highest BCUT2D eigenvalue weighted by Crippen LogP contribution is 2.25. The fourth-order valence-corrected chi connectivity index (χ4v) is 3.04. The van der Waals surface area contributed by atoms with E-state index < -0.39 is 28.0 Å². The predicted octanol–water partition coefficient (Wildman–Crippen LogP) is 3.38. The summed E-state index contributed by atoms with van der Waals surface area (Å²) in [5.41, 5.74) is 1.52. The third kappa shape index (κ3) is 4.93. The van der Waals surface area contributed by atoms with Gasteiger partial charge in [0.05, 0.1) is 41.2 Å². The van der Waals surface area contributed by atoms with Gasteiger partial charge in [-0.2, -0.15) is 13.5 Å². The van der Waals surface area contributed by atoms with Crippen molar-refractivity contribution >= 4 is 22.1 Å². The summed E-state index contributed by atoms with van der Waals surface area (Å²) >= 11 is 0. The second kappa shape index (κ2) is 7.95. The summed E-state index contributed by atoms with van der Waals surface area (Å²) in [6.07, 6.45) is 3.60. The van der Waals surface area contributed by atoms with Crippen LogP contribution in [-0.2, 0) is 10.5 Å². The number of halogens is 2. The molecule has 29 heavy (non-hydrogen) atoms. The van der Waals surface area contributed by atoms with Crippen molar-refractivity contribution in [2.75, 3.05) is 5.32 Å². The molecule has 2 heterocycles. The number of amides is 1. The van der Waals surface area contributed by atoms with Crippen LogP contribution in [-0.4, -0.2) is 29.1 Å². The molecule has 0 unspecified atom stereocenters. The lowest BCUT2D eigenvalue weighted by Crippen LogP contribution is -2.15. The normalized spacial score (nSPS) is 11.5. The molecule has 152 valence electrons. The fourth-order valence-electron chi connectivity index (χ4n) is 2.72. The Morgan fingerprint density at radius 1 is 1.17 bits per heavy atom. The first-order valence-electron chi connectivity index (χ1n) is 8.38. The van der Waals surface area contributed by atoms with Crippen LogP contribution in [0.25, 0.3) is 5.69 Å². The Balaban J connectivity index is 1.90. The molecule has 0 bridgehead atoms. The number of aromatic nitrogens is 3. The molecule has 3 rings (SSSR count). The molecule has 0 atom stereocenters. The van der Waals surface area contributed by atoms with Crippen LogP contribution in [0.1, 0.15) is 35.8 Å². The van der Waals surface area contributed by atoms with Crippen molar-refractivity contribution in [3.63, 3.8) is 0 Å². The van der Waals surface area contributed by atoms with Gasteiger partial charge < -0.3 is 9.50 Å². The van der Waals surface area contributed by atoms with Gasteiger partial charge in [0.25, 0.3) is 5.91 Å². The molecule has 1 N–H and O–H groups in total. The monoisotopic (exact) mass is 422 g/mol. The maximum Gasteiger partial charge on any atom is 0.488 e. The third-order valence-corrected chi connectivity index (χ3v) is 4.23. The van der Waals surface area contributed by atoms with Gasteiger partial charge in [0.2, 0.25) is 0 Å². The molecule has 2 aromatic heterocycles. The van der Waals surface area contributed by atoms with Gasteiger partial charge in [-0.3, -0.25) is 9.78 Å². The topological polar surface area (TPSA) is 103 Å². The van der Waals surface area contributed by atoms with E-state index >= 15 is 0 Å². The maximum absolute atomic E-state index is 13.2. The van der Waals surface area contributed by atoms with Crippen LogP contribution in [0.5, 0.6) is 5.75 Å². The number of hydrogen-bond donors (Lipinski definition) is 1. The Bertz CT molecular complexity index is 1140. The van der Waals surface area contributed by atoms with Gasteiger partial charge in [-0.15, -0.1) is 0 Å². The van der Waals surface area contributed by atoms with Gasteiger partial charge in [-0.05, 0) is 30.2 Å². The largest absolute Gasteiger partial charge is 0.488 e. The summed E-state index contributed by atoms with van der Waals surface area (Å²) in [5.74, 6) is -1.43. The Hall–Kier alpha value is -3.34. The van der Waals surface area contributed by atoms with E-state index in [2.05, 4.69) is 19.6 Å². The zero-order valence-corrected chi connectivity index (χ0v) is 16.2. The van der Waals surface area contributed by atoms with Crippen molar-refractivity contribution in [1.82, 2.24) is 14.8 Å². The minimum Gasteiger partial charge on any atom is -0.357 e. The van der Waals surface area contributed by atoms with Crippen molar-refractivity contribution in [3.8, 4) is 11.4 Å². The minimum absolute atomic E-state index is 0.0976. The van der Waals surface area contributed by atoms with Crippen molar-refractivity contribution < 1.29 is 25.7 Å². The first-order chi connectivity index (χ1) is 13.6. The number of pyridine rings is 1. The molecule has 0 saturated carbocycles. The second-order valence-electron chi connectivity index (χ2n) is 6.33. The highest BCUT2D eigenvalue weighted by Gasteiger charge is 2.21. The molecule has 0 radical (unpaired) electrons. The number of carbonyl (C=O) groups excluding carboxylic acids is 1. The van der Waals surface area contributed by atoms with Crippen molar-refractivity contribution in [2.24, 2.45) is 0 Å². The summed E-state index contributed by atoms with van der Waals surface area (Å²) in [6.45, 7) is 3.74. The molecular formula is C18H16F2N4O4S. The van der Waals surface area contributed by atoms with Crippen LogP contribution in [0.3, 0.4) is 0 Å². The number of benzene rings is 1. The summed E-state index contributed by atoms with van der Waals surface area (Å²) in [4.78, 5) is 16.5. The zero-order valence-electron chi connectivity index (χ0n) is 15.3. The van der Waals surface area contributed by atoms with Gasteiger partial charge in [0.1, 0.15) is 5.82 Å². The SMILES string of the molecule is CC(C)c1c(C(=O)Nc2cncc(OS(=O)(=O)F)c2)cnn1-c1ccc(F)cc1. The Labute approximate surface area is 165 Å². The van der Waals surface area contributed by atoms with Crippen LogP contribution in [0.4, 0.5) is 14.0 Å². The quantitative estimate of drug-likeness (QED) is 0.611. The van der Waals surface area contributed by atoms with E-state index in [0.29, 0.717) is 11.4 Å². The van der Waals surface area contributed by atoms with E-state index in [-0.39, 0.29) is 17.2 Å². The molecule has 1 amide bonds. The van der Waals surface area contributed by atoms with E-state index in [9.17, 15) is 21.5 Å². The standard InChI is InChI=1S/C18H16F2N4O4S/c1-11(2)17-16(10-22-24(17)14-5-3-12(19)4-6-14)18(25)23-13-7-15(9-21-8-13)28-29(20,26)27/h3-11H,1-2H3,(H,23,25). The lowest BCUT2D eigenvalue weighted by atomic mass is 10.0. The van der Waals surface area contributed by atoms with Crippen LogP contribution in [0.2, 0.25) is 0 Å². The number of nitrogens with one attached hydrogen (secondary N) is 1. The van der Waals surface area contributed by atoms with Gasteiger partial charge in [-0.25, -0.2) is 9.07 Å². The van der Waals surface area contributed by atoms with Gasteiger partial charge in [0.15, 0.2) is 5.75 Å². The smallest absolute Gasteiger partial charge is 0.357 e. The van der Waals surface area contributed by atoms with Crippen LogP contribution in [0.15, 0.2) is 48.9 Å². The summed E-state index contributed by atoms with van der Waals surface area (Å²) < 4.78 is 52.7. The van der Waals surface area contributed by atoms with E-state index in [4.69, 9.17) is 0 Å². The highest BCUT2D eigenvalue weighted by molar-refractivity contribution is 7.81. The highest BCUT2D eigenvalue weighted by atomic mass is 32.3. The van der Waals surface area contributed by atoms with E-state index in [1.54, 1.807) is 0 Å². The molecule has 0 spiro atoms. The predicted molar refractivity (Wildman–Crippen MR) is 100 cm³/mol. The molecule has 3 aromatic rings. The molecule has 8 nitrogen and oxygen atoms in total. The Morgan fingerprint density at radius 2 is 1.86 bits per heavy atom. The third-order valence-electron chi connectivity index (χ3n) is 3.84. The number of rotatable bonds is 6. The molecular weight excluding hydrogens is 406 g/mol. The number of nitrogens with zero attached hydrogens (tertiary/aromatic N) is 3. The first-order valence-corrected chi connectivity index (χ1v) is 9.69. The summed E-state index contributed by atoms with van der Waals surface area (Å²) in [6, 6.07) is 6.77. The lowest BCUT2D eigenvalue weighted by Gasteiger charge is -2.13. The Morgan fingerprint density at radius 3 is 2.48 bits per heavy atom. The summed E-state index contributed by atoms with van der Waals surface area (Å²) in [5, 5.41) is 6.77. The minimum atomic E-state index is -5.22. The van der Waals surface area contributed by atoms with Crippen molar-refractivity contribution in [3.05, 3.63) is 66.0 Å². The van der Waals surface area contributed by atoms with E-state index in [0.717, 1.165) is 12.3 Å². The van der Waals surface area contributed by atoms with Gasteiger partial charge in [-0.1, -0.05) is 17.7 Å². The average molecular weight is 422 g/mol. The maximum atomic E-state index is 13.2. The molecule has 0 aliphatic carbocycles. The molecule has 0 aliphatic rings. The van der Waals surface area contributed by atoms with Crippen molar-refractivity contribution in [2.45, 2.75) is 19.8 Å². The number of carbonyl (C=O) groups is 1. The summed E-state index contributed by atoms with van der Waals surface area (Å²) in [7, 11) is -5.22. The number of anilines is 1. The zero-order chi connectivity index (χ0) is 21.2. The van der Waals surface area contributed by atoms with Crippen molar-refractivity contribution in [1.29, 1.82) is 0 Å². The van der Waals surface area contributed by atoms with E-state index in [1.165, 1.54) is 41.3 Å². The van der Waals surface area contributed by atoms with Crippen LogP contribution < -0.4 is 9.50 Å². The second-order valence-corrected chi connectivity index (χ2v) is 7.28. The first kappa shape index (κ1) is 20.4. The number of hydrogen-bond acceptors (Lipinski definition) is 6.